The van der Waals surface area contributed by atoms with Crippen LogP contribution in [0.15, 0.2) is 40.5 Å². The van der Waals surface area contributed by atoms with Crippen molar-refractivity contribution in [1.82, 2.24) is 9.88 Å². The minimum absolute atomic E-state index is 0.0737. The Labute approximate surface area is 127 Å². The van der Waals surface area contributed by atoms with E-state index in [1.54, 1.807) is 17.6 Å². The standard InChI is InChI=1S/C16H16N2O2S/c1-11-16(21-10-17-11)8-18(2)7-14(19)13-9-20-15-6-4-3-5-12(13)15/h3-6,9-10H,7-8H2,1-2H3. The largest absolute Gasteiger partial charge is 0.464 e. The van der Waals surface area contributed by atoms with Crippen LogP contribution in [0.25, 0.3) is 11.0 Å². The van der Waals surface area contributed by atoms with Crippen molar-refractivity contribution in [3.8, 4) is 0 Å². The van der Waals surface area contributed by atoms with E-state index in [4.69, 9.17) is 4.42 Å². The number of ketones is 1. The molecule has 3 aromatic rings. The van der Waals surface area contributed by atoms with Crippen molar-refractivity contribution in [2.75, 3.05) is 13.6 Å². The second kappa shape index (κ2) is 5.79. The first-order valence-electron chi connectivity index (χ1n) is 6.72. The summed E-state index contributed by atoms with van der Waals surface area (Å²) in [6, 6.07) is 7.60. The lowest BCUT2D eigenvalue weighted by Crippen LogP contribution is -2.25. The van der Waals surface area contributed by atoms with Crippen molar-refractivity contribution >= 4 is 28.1 Å². The molecule has 21 heavy (non-hydrogen) atoms. The Hall–Kier alpha value is -1.98. The molecule has 3 rings (SSSR count). The normalized spacial score (nSPS) is 11.4. The predicted octanol–water partition coefficient (Wildman–Crippen LogP) is 3.51. The van der Waals surface area contributed by atoms with Gasteiger partial charge in [-0.05, 0) is 20.0 Å². The molecule has 0 fully saturated rings. The average molecular weight is 300 g/mol. The number of aryl methyl sites for hydroxylation is 1. The molecule has 5 heteroatoms. The van der Waals surface area contributed by atoms with Gasteiger partial charge in [-0.25, -0.2) is 4.98 Å². The van der Waals surface area contributed by atoms with Gasteiger partial charge in [-0.15, -0.1) is 11.3 Å². The third-order valence-electron chi connectivity index (χ3n) is 3.45. The van der Waals surface area contributed by atoms with Gasteiger partial charge in [0.1, 0.15) is 11.8 Å². The molecule has 2 aromatic heterocycles. The van der Waals surface area contributed by atoms with Gasteiger partial charge in [-0.1, -0.05) is 18.2 Å². The molecule has 2 heterocycles. The predicted molar refractivity (Wildman–Crippen MR) is 83.7 cm³/mol. The SMILES string of the molecule is Cc1ncsc1CN(C)CC(=O)c1coc2ccccc12. The van der Waals surface area contributed by atoms with Crippen LogP contribution in [0.4, 0.5) is 0 Å². The Bertz CT molecular complexity index is 775. The second-order valence-electron chi connectivity index (χ2n) is 5.10. The Balaban J connectivity index is 1.73. The number of likely N-dealkylation sites (N-methyl/N-ethyl adjacent to an activating group) is 1. The smallest absolute Gasteiger partial charge is 0.180 e. The van der Waals surface area contributed by atoms with E-state index < -0.39 is 0 Å². The van der Waals surface area contributed by atoms with Gasteiger partial charge in [-0.2, -0.15) is 0 Å². The van der Waals surface area contributed by atoms with E-state index in [1.807, 2.05) is 48.6 Å². The van der Waals surface area contributed by atoms with E-state index in [-0.39, 0.29) is 5.78 Å². The first-order chi connectivity index (χ1) is 10.1. The summed E-state index contributed by atoms with van der Waals surface area (Å²) < 4.78 is 5.43. The maximum Gasteiger partial charge on any atom is 0.180 e. The molecule has 0 N–H and O–H groups in total. The molecular formula is C16H16N2O2S. The van der Waals surface area contributed by atoms with Crippen LogP contribution in [0, 0.1) is 6.92 Å². The quantitative estimate of drug-likeness (QED) is 0.676. The van der Waals surface area contributed by atoms with Crippen molar-refractivity contribution in [2.45, 2.75) is 13.5 Å². The molecule has 108 valence electrons. The van der Waals surface area contributed by atoms with Crippen LogP contribution < -0.4 is 0 Å². The van der Waals surface area contributed by atoms with Gasteiger partial charge in [0.15, 0.2) is 5.78 Å². The maximum absolute atomic E-state index is 12.4. The number of hydrogen-bond acceptors (Lipinski definition) is 5. The molecule has 0 aliphatic heterocycles. The molecular weight excluding hydrogens is 284 g/mol. The summed E-state index contributed by atoms with van der Waals surface area (Å²) in [6.45, 7) is 3.09. The Morgan fingerprint density at radius 1 is 1.38 bits per heavy atom. The number of para-hydroxylation sites is 1. The average Bonchev–Trinajstić information content (AvgIpc) is 3.05. The van der Waals surface area contributed by atoms with Crippen molar-refractivity contribution < 1.29 is 9.21 Å². The molecule has 0 saturated carbocycles. The molecule has 0 aliphatic rings. The zero-order valence-electron chi connectivity index (χ0n) is 12.0. The summed E-state index contributed by atoms with van der Waals surface area (Å²) in [5.41, 5.74) is 4.28. The molecule has 1 aromatic carbocycles. The summed E-state index contributed by atoms with van der Waals surface area (Å²) in [6.07, 6.45) is 1.55. The number of furan rings is 1. The Morgan fingerprint density at radius 2 is 2.19 bits per heavy atom. The number of benzene rings is 1. The van der Waals surface area contributed by atoms with Crippen LogP contribution in [0.2, 0.25) is 0 Å². The highest BCUT2D eigenvalue weighted by molar-refractivity contribution is 7.09. The van der Waals surface area contributed by atoms with Gasteiger partial charge in [0.2, 0.25) is 0 Å². The maximum atomic E-state index is 12.4. The monoisotopic (exact) mass is 300 g/mol. The molecule has 0 radical (unpaired) electrons. The van der Waals surface area contributed by atoms with E-state index in [9.17, 15) is 4.79 Å². The lowest BCUT2D eigenvalue weighted by atomic mass is 10.1. The number of rotatable bonds is 5. The fourth-order valence-electron chi connectivity index (χ4n) is 2.30. The summed E-state index contributed by atoms with van der Waals surface area (Å²) in [5.74, 6) is 0.0737. The first-order valence-corrected chi connectivity index (χ1v) is 7.60. The van der Waals surface area contributed by atoms with Gasteiger partial charge < -0.3 is 4.42 Å². The Kier molecular flexibility index (Phi) is 3.86. The molecule has 0 atom stereocenters. The highest BCUT2D eigenvalue weighted by atomic mass is 32.1. The summed E-state index contributed by atoms with van der Waals surface area (Å²) >= 11 is 1.62. The van der Waals surface area contributed by atoms with E-state index in [2.05, 4.69) is 4.98 Å². The molecule has 0 amide bonds. The third kappa shape index (κ3) is 2.89. The van der Waals surface area contributed by atoms with Crippen LogP contribution in [-0.4, -0.2) is 29.3 Å². The number of carbonyl (C=O) groups excluding carboxylic acids is 1. The summed E-state index contributed by atoms with van der Waals surface area (Å²) in [5, 5.41) is 0.880. The molecule has 0 bridgehead atoms. The van der Waals surface area contributed by atoms with Crippen molar-refractivity contribution in [3.63, 3.8) is 0 Å². The number of aromatic nitrogens is 1. The number of nitrogens with zero attached hydrogens (tertiary/aromatic N) is 2. The van der Waals surface area contributed by atoms with Crippen molar-refractivity contribution in [1.29, 1.82) is 0 Å². The zero-order valence-corrected chi connectivity index (χ0v) is 12.8. The molecule has 4 nitrogen and oxygen atoms in total. The molecule has 0 spiro atoms. The van der Waals surface area contributed by atoms with Crippen LogP contribution in [0.3, 0.4) is 0 Å². The minimum Gasteiger partial charge on any atom is -0.464 e. The molecule has 0 unspecified atom stereocenters. The van der Waals surface area contributed by atoms with Gasteiger partial charge in [0.05, 0.1) is 23.3 Å². The van der Waals surface area contributed by atoms with Gasteiger partial charge in [0, 0.05) is 16.8 Å². The van der Waals surface area contributed by atoms with Crippen molar-refractivity contribution in [3.05, 3.63) is 52.2 Å². The number of thiazole rings is 1. The lowest BCUT2D eigenvalue weighted by Gasteiger charge is -2.14. The number of Topliss-reactive ketones (excluding diaryl/α,β-unsaturated/α-hetero) is 1. The third-order valence-corrected chi connectivity index (χ3v) is 4.37. The highest BCUT2D eigenvalue weighted by Gasteiger charge is 2.16. The van der Waals surface area contributed by atoms with Gasteiger partial charge in [0.25, 0.3) is 0 Å². The minimum atomic E-state index is 0.0737. The fraction of sp³-hybridized carbons (Fsp3) is 0.250. The second-order valence-corrected chi connectivity index (χ2v) is 6.04. The molecule has 0 saturated heterocycles. The van der Waals surface area contributed by atoms with Crippen LogP contribution in [0.5, 0.6) is 0 Å². The van der Waals surface area contributed by atoms with Crippen molar-refractivity contribution in [2.24, 2.45) is 0 Å². The van der Waals surface area contributed by atoms with Crippen LogP contribution in [0.1, 0.15) is 20.9 Å². The Morgan fingerprint density at radius 3 is 2.95 bits per heavy atom. The zero-order chi connectivity index (χ0) is 14.8. The highest BCUT2D eigenvalue weighted by Crippen LogP contribution is 2.21. The van der Waals surface area contributed by atoms with E-state index >= 15 is 0 Å². The van der Waals surface area contributed by atoms with Gasteiger partial charge in [-0.3, -0.25) is 9.69 Å². The lowest BCUT2D eigenvalue weighted by molar-refractivity contribution is 0.0944. The topological polar surface area (TPSA) is 46.3 Å². The number of fused-ring (bicyclic) bond motifs is 1. The summed E-state index contributed by atoms with van der Waals surface area (Å²) in [4.78, 5) is 19.9. The van der Waals surface area contributed by atoms with Gasteiger partial charge >= 0.3 is 0 Å². The fourth-order valence-corrected chi connectivity index (χ4v) is 3.16. The van der Waals surface area contributed by atoms with Crippen LogP contribution >= 0.6 is 11.3 Å². The number of hydrogen-bond donors (Lipinski definition) is 0. The van der Waals surface area contributed by atoms with E-state index in [0.29, 0.717) is 12.1 Å². The number of carbonyl (C=O) groups is 1. The molecule has 0 aliphatic carbocycles. The van der Waals surface area contributed by atoms with Crippen LogP contribution in [-0.2, 0) is 6.54 Å². The summed E-state index contributed by atoms with van der Waals surface area (Å²) in [7, 11) is 1.94. The van der Waals surface area contributed by atoms with E-state index in [1.165, 1.54) is 4.88 Å². The van der Waals surface area contributed by atoms with E-state index in [0.717, 1.165) is 23.2 Å². The first kappa shape index (κ1) is 14.0.